The summed E-state index contributed by atoms with van der Waals surface area (Å²) in [5, 5.41) is 2.57. The minimum Gasteiger partial charge on any atom is -0.490 e. The van der Waals surface area contributed by atoms with Gasteiger partial charge >= 0.3 is 0 Å². The number of nitrogens with zero attached hydrogens (tertiary/aromatic N) is 2. The Morgan fingerprint density at radius 1 is 1.20 bits per heavy atom. The standard InChI is InChI=1S/C26H25F2N3O4/c1-15-18(4-3-7-30(15)2)17-5-6-23(21(28)8-17)34-13-16-11-31(12-16)26(33)19-9-22-24(10-20(19)27)35-14-25(32)29-22/h3-10,15-16H,11-14H2,1-2H3,(H,29,32). The summed E-state index contributed by atoms with van der Waals surface area (Å²) in [7, 11) is 1.97. The third kappa shape index (κ3) is 4.45. The van der Waals surface area contributed by atoms with Crippen molar-refractivity contribution in [3.63, 3.8) is 0 Å². The molecule has 1 saturated heterocycles. The molecule has 3 aliphatic rings. The van der Waals surface area contributed by atoms with Crippen LogP contribution in [0.3, 0.4) is 0 Å². The zero-order valence-corrected chi connectivity index (χ0v) is 19.4. The number of fused-ring (bicyclic) bond motifs is 1. The Bertz CT molecular complexity index is 1250. The molecule has 182 valence electrons. The minimum atomic E-state index is -0.712. The van der Waals surface area contributed by atoms with Gasteiger partial charge in [0.15, 0.2) is 18.2 Å². The number of carbonyl (C=O) groups is 2. The highest BCUT2D eigenvalue weighted by Gasteiger charge is 2.34. The van der Waals surface area contributed by atoms with Crippen LogP contribution in [0.5, 0.6) is 11.5 Å². The van der Waals surface area contributed by atoms with Crippen LogP contribution in [0.1, 0.15) is 22.8 Å². The molecule has 1 atom stereocenters. The first-order chi connectivity index (χ1) is 16.8. The first-order valence-electron chi connectivity index (χ1n) is 11.4. The molecular weight excluding hydrogens is 456 g/mol. The van der Waals surface area contributed by atoms with E-state index >= 15 is 0 Å². The second-order valence-corrected chi connectivity index (χ2v) is 9.00. The summed E-state index contributed by atoms with van der Waals surface area (Å²) in [6.07, 6.45) is 5.88. The van der Waals surface area contributed by atoms with Crippen LogP contribution in [-0.4, -0.2) is 61.0 Å². The first kappa shape index (κ1) is 22.9. The van der Waals surface area contributed by atoms with Crippen LogP contribution < -0.4 is 14.8 Å². The van der Waals surface area contributed by atoms with Crippen LogP contribution in [0.4, 0.5) is 14.5 Å². The van der Waals surface area contributed by atoms with E-state index in [9.17, 15) is 18.4 Å². The highest BCUT2D eigenvalue weighted by molar-refractivity contribution is 6.00. The summed E-state index contributed by atoms with van der Waals surface area (Å²) in [6, 6.07) is 7.47. The fraction of sp³-hybridized carbons (Fsp3) is 0.308. The molecule has 9 heteroatoms. The van der Waals surface area contributed by atoms with E-state index in [4.69, 9.17) is 9.47 Å². The Morgan fingerprint density at radius 3 is 2.77 bits per heavy atom. The lowest BCUT2D eigenvalue weighted by Crippen LogP contribution is -2.52. The molecule has 3 heterocycles. The van der Waals surface area contributed by atoms with Crippen molar-refractivity contribution < 1.29 is 27.8 Å². The molecule has 0 spiro atoms. The van der Waals surface area contributed by atoms with Crippen molar-refractivity contribution in [1.29, 1.82) is 0 Å². The molecule has 1 fully saturated rings. The number of likely N-dealkylation sites (tertiary alicyclic amines) is 1. The van der Waals surface area contributed by atoms with Crippen LogP contribution in [0.2, 0.25) is 0 Å². The number of rotatable bonds is 5. The number of allylic oxidation sites excluding steroid dienone is 2. The number of ether oxygens (including phenoxy) is 2. The van der Waals surface area contributed by atoms with Crippen LogP contribution in [0.15, 0.2) is 48.7 Å². The van der Waals surface area contributed by atoms with Crippen LogP contribution in [0, 0.1) is 17.6 Å². The molecule has 0 radical (unpaired) electrons. The predicted octanol–water partition coefficient (Wildman–Crippen LogP) is 3.68. The Labute approximate surface area is 201 Å². The second-order valence-electron chi connectivity index (χ2n) is 9.00. The van der Waals surface area contributed by atoms with Gasteiger partial charge in [-0.05, 0) is 48.5 Å². The Kier molecular flexibility index (Phi) is 5.92. The molecule has 2 aromatic carbocycles. The molecular formula is C26H25F2N3O4. The smallest absolute Gasteiger partial charge is 0.262 e. The number of anilines is 1. The van der Waals surface area contributed by atoms with Gasteiger partial charge in [-0.25, -0.2) is 8.78 Å². The summed E-state index contributed by atoms with van der Waals surface area (Å²) in [5.74, 6) is -1.65. The second kappa shape index (κ2) is 9.05. The van der Waals surface area contributed by atoms with Gasteiger partial charge in [0.1, 0.15) is 11.6 Å². The number of hydrogen-bond donors (Lipinski definition) is 1. The molecule has 3 aliphatic heterocycles. The van der Waals surface area contributed by atoms with Crippen molar-refractivity contribution in [2.75, 3.05) is 38.7 Å². The highest BCUT2D eigenvalue weighted by Crippen LogP contribution is 2.33. The number of benzene rings is 2. The summed E-state index contributed by atoms with van der Waals surface area (Å²) < 4.78 is 40.0. The molecule has 1 N–H and O–H groups in total. The number of amides is 2. The maximum absolute atomic E-state index is 14.7. The largest absolute Gasteiger partial charge is 0.490 e. The molecule has 0 aliphatic carbocycles. The summed E-state index contributed by atoms with van der Waals surface area (Å²) in [4.78, 5) is 27.8. The van der Waals surface area contributed by atoms with Gasteiger partial charge in [-0.2, -0.15) is 0 Å². The maximum atomic E-state index is 14.7. The van der Waals surface area contributed by atoms with Crippen molar-refractivity contribution in [2.24, 2.45) is 5.92 Å². The van der Waals surface area contributed by atoms with Crippen molar-refractivity contribution in [3.05, 3.63) is 71.4 Å². The fourth-order valence-corrected chi connectivity index (χ4v) is 4.39. The van der Waals surface area contributed by atoms with Crippen LogP contribution in [0.25, 0.3) is 5.57 Å². The average Bonchev–Trinajstić information content (AvgIpc) is 2.80. The van der Waals surface area contributed by atoms with E-state index < -0.39 is 17.5 Å². The number of halogens is 2. The molecule has 2 aromatic rings. The Hall–Kier alpha value is -3.88. The third-order valence-corrected chi connectivity index (χ3v) is 6.57. The van der Waals surface area contributed by atoms with Gasteiger partial charge in [-0.3, -0.25) is 9.59 Å². The van der Waals surface area contributed by atoms with E-state index in [1.165, 1.54) is 17.0 Å². The van der Waals surface area contributed by atoms with Gasteiger partial charge in [0.05, 0.1) is 23.9 Å². The molecule has 0 aromatic heterocycles. The summed E-state index contributed by atoms with van der Waals surface area (Å²) >= 11 is 0. The lowest BCUT2D eigenvalue weighted by atomic mass is 9.96. The van der Waals surface area contributed by atoms with Gasteiger partial charge < -0.3 is 24.6 Å². The van der Waals surface area contributed by atoms with Gasteiger partial charge in [-0.1, -0.05) is 12.1 Å². The van der Waals surface area contributed by atoms with E-state index in [2.05, 4.69) is 17.1 Å². The van der Waals surface area contributed by atoms with Crippen molar-refractivity contribution >= 4 is 23.1 Å². The summed E-state index contributed by atoms with van der Waals surface area (Å²) in [6.45, 7) is 2.83. The fourth-order valence-electron chi connectivity index (χ4n) is 4.39. The third-order valence-electron chi connectivity index (χ3n) is 6.57. The molecule has 0 bridgehead atoms. The number of carbonyl (C=O) groups excluding carboxylic acids is 2. The van der Waals surface area contributed by atoms with E-state index in [0.29, 0.717) is 13.1 Å². The van der Waals surface area contributed by atoms with E-state index in [0.717, 1.165) is 17.2 Å². The molecule has 1 unspecified atom stereocenters. The van der Waals surface area contributed by atoms with Gasteiger partial charge in [-0.15, -0.1) is 0 Å². The maximum Gasteiger partial charge on any atom is 0.262 e. The molecule has 35 heavy (non-hydrogen) atoms. The van der Waals surface area contributed by atoms with Crippen molar-refractivity contribution in [2.45, 2.75) is 13.0 Å². The molecule has 2 amide bonds. The number of hydrogen-bond acceptors (Lipinski definition) is 5. The summed E-state index contributed by atoms with van der Waals surface area (Å²) in [5.41, 5.74) is 1.95. The monoisotopic (exact) mass is 481 g/mol. The Balaban J connectivity index is 1.17. The topological polar surface area (TPSA) is 71.1 Å². The van der Waals surface area contributed by atoms with Gasteiger partial charge in [0, 0.05) is 32.1 Å². The minimum absolute atomic E-state index is 0.00149. The predicted molar refractivity (Wildman–Crippen MR) is 126 cm³/mol. The van der Waals surface area contributed by atoms with Crippen molar-refractivity contribution in [3.8, 4) is 11.5 Å². The van der Waals surface area contributed by atoms with Gasteiger partial charge in [0.2, 0.25) is 0 Å². The molecule has 5 rings (SSSR count). The van der Waals surface area contributed by atoms with Crippen LogP contribution in [-0.2, 0) is 4.79 Å². The SMILES string of the molecule is CC1C(c2ccc(OCC3CN(C(=O)c4cc5c(cc4F)OCC(=O)N5)C3)c(F)c2)=CC=CN1C. The number of nitrogens with one attached hydrogen (secondary N) is 1. The number of likely N-dealkylation sites (N-methyl/N-ethyl adjacent to an activating group) is 1. The quantitative estimate of drug-likeness (QED) is 0.706. The molecule has 0 saturated carbocycles. The first-order valence-corrected chi connectivity index (χ1v) is 11.4. The Morgan fingerprint density at radius 2 is 2.00 bits per heavy atom. The van der Waals surface area contributed by atoms with Gasteiger partial charge in [0.25, 0.3) is 11.8 Å². The van der Waals surface area contributed by atoms with Crippen molar-refractivity contribution in [1.82, 2.24) is 9.80 Å². The normalized spacial score (nSPS) is 19.4. The zero-order valence-electron chi connectivity index (χ0n) is 19.4. The average molecular weight is 481 g/mol. The van der Waals surface area contributed by atoms with Crippen LogP contribution >= 0.6 is 0 Å². The lowest BCUT2D eigenvalue weighted by Gasteiger charge is -2.39. The van der Waals surface area contributed by atoms with E-state index in [-0.39, 0.29) is 53.8 Å². The van der Waals surface area contributed by atoms with E-state index in [1.54, 1.807) is 6.07 Å². The van der Waals surface area contributed by atoms with E-state index in [1.807, 2.05) is 31.5 Å². The molecule has 7 nitrogen and oxygen atoms in total. The highest BCUT2D eigenvalue weighted by atomic mass is 19.1. The lowest BCUT2D eigenvalue weighted by molar-refractivity contribution is -0.118. The zero-order chi connectivity index (χ0) is 24.7.